The van der Waals surface area contributed by atoms with E-state index in [0.717, 1.165) is 11.5 Å². The molecule has 0 fully saturated rings. The normalized spacial score (nSPS) is 11.8. The van der Waals surface area contributed by atoms with Crippen LogP contribution in [-0.2, 0) is 11.8 Å². The highest BCUT2D eigenvalue weighted by Gasteiger charge is 2.16. The Morgan fingerprint density at radius 1 is 1.26 bits per heavy atom. The molecular formula is C16H22N2O. The molecule has 1 aromatic carbocycles. The van der Waals surface area contributed by atoms with E-state index in [0.29, 0.717) is 6.42 Å². The van der Waals surface area contributed by atoms with Crippen LogP contribution in [0.4, 0.5) is 0 Å². The first-order chi connectivity index (χ1) is 8.91. The molecule has 1 heterocycles. The topological polar surface area (TPSA) is 48.9 Å². The lowest BCUT2D eigenvalue weighted by Crippen LogP contribution is -2.11. The molecular weight excluding hydrogens is 236 g/mol. The molecule has 0 amide bonds. The molecule has 102 valence electrons. The van der Waals surface area contributed by atoms with Gasteiger partial charge in [-0.25, -0.2) is 4.98 Å². The maximum atomic E-state index is 8.94. The Kier molecular flexibility index (Phi) is 3.76. The standard InChI is InChI=1S/C16H22N2O/c1-11-5-6-12(16(2,3)4)9-13(11)14-10-17-15(18-14)7-8-19/h5-6,9-10,19H,7-8H2,1-4H3,(H,17,18). The Bertz CT molecular complexity index is 564. The van der Waals surface area contributed by atoms with Crippen molar-refractivity contribution in [3.63, 3.8) is 0 Å². The van der Waals surface area contributed by atoms with E-state index in [1.807, 2.05) is 6.20 Å². The molecule has 1 aromatic heterocycles. The van der Waals surface area contributed by atoms with Crippen LogP contribution in [0.1, 0.15) is 37.7 Å². The van der Waals surface area contributed by atoms with Gasteiger partial charge in [0.15, 0.2) is 0 Å². The Balaban J connectivity index is 2.42. The number of aliphatic hydroxyl groups excluding tert-OH is 1. The number of benzene rings is 1. The minimum atomic E-state index is 0.119. The van der Waals surface area contributed by atoms with Gasteiger partial charge in [-0.05, 0) is 29.5 Å². The monoisotopic (exact) mass is 258 g/mol. The van der Waals surface area contributed by atoms with E-state index in [1.54, 1.807) is 0 Å². The highest BCUT2D eigenvalue weighted by Crippen LogP contribution is 2.29. The second-order valence-corrected chi connectivity index (χ2v) is 6.00. The summed E-state index contributed by atoms with van der Waals surface area (Å²) < 4.78 is 0. The average molecular weight is 258 g/mol. The van der Waals surface area contributed by atoms with E-state index >= 15 is 0 Å². The summed E-state index contributed by atoms with van der Waals surface area (Å²) in [4.78, 5) is 7.58. The van der Waals surface area contributed by atoms with Gasteiger partial charge in [0.05, 0.1) is 18.5 Å². The van der Waals surface area contributed by atoms with Gasteiger partial charge < -0.3 is 10.1 Å². The van der Waals surface area contributed by atoms with Gasteiger partial charge in [0, 0.05) is 12.0 Å². The zero-order valence-electron chi connectivity index (χ0n) is 12.1. The Morgan fingerprint density at radius 2 is 2.00 bits per heavy atom. The average Bonchev–Trinajstić information content (AvgIpc) is 2.77. The van der Waals surface area contributed by atoms with E-state index in [9.17, 15) is 0 Å². The van der Waals surface area contributed by atoms with Gasteiger partial charge in [-0.3, -0.25) is 0 Å². The van der Waals surface area contributed by atoms with Gasteiger partial charge >= 0.3 is 0 Å². The molecule has 0 atom stereocenters. The van der Waals surface area contributed by atoms with Crippen LogP contribution < -0.4 is 0 Å². The van der Waals surface area contributed by atoms with E-state index < -0.39 is 0 Å². The zero-order chi connectivity index (χ0) is 14.0. The van der Waals surface area contributed by atoms with Gasteiger partial charge in [-0.15, -0.1) is 0 Å². The third kappa shape index (κ3) is 3.04. The van der Waals surface area contributed by atoms with Gasteiger partial charge in [-0.1, -0.05) is 32.9 Å². The van der Waals surface area contributed by atoms with Gasteiger partial charge in [0.25, 0.3) is 0 Å². The fourth-order valence-electron chi connectivity index (χ4n) is 2.11. The Labute approximate surface area is 114 Å². The number of aromatic amines is 1. The molecule has 0 bridgehead atoms. The van der Waals surface area contributed by atoms with E-state index in [4.69, 9.17) is 5.11 Å². The molecule has 19 heavy (non-hydrogen) atoms. The van der Waals surface area contributed by atoms with E-state index in [-0.39, 0.29) is 12.0 Å². The van der Waals surface area contributed by atoms with Gasteiger partial charge in [0.2, 0.25) is 0 Å². The zero-order valence-corrected chi connectivity index (χ0v) is 12.1. The number of rotatable bonds is 3. The highest BCUT2D eigenvalue weighted by molar-refractivity contribution is 5.64. The Morgan fingerprint density at radius 3 is 2.63 bits per heavy atom. The van der Waals surface area contributed by atoms with Crippen molar-refractivity contribution >= 4 is 0 Å². The van der Waals surface area contributed by atoms with Crippen molar-refractivity contribution in [1.82, 2.24) is 9.97 Å². The molecule has 3 nitrogen and oxygen atoms in total. The molecule has 0 aliphatic heterocycles. The maximum Gasteiger partial charge on any atom is 0.108 e. The van der Waals surface area contributed by atoms with Crippen molar-refractivity contribution in [2.45, 2.75) is 39.5 Å². The lowest BCUT2D eigenvalue weighted by Gasteiger charge is -2.20. The number of imidazole rings is 1. The molecule has 2 N–H and O–H groups in total. The summed E-state index contributed by atoms with van der Waals surface area (Å²) in [7, 11) is 0. The predicted octanol–water partition coefficient (Wildman–Crippen LogP) is 3.22. The number of aryl methyl sites for hydroxylation is 1. The molecule has 3 heteroatoms. The molecule has 0 saturated carbocycles. The third-order valence-corrected chi connectivity index (χ3v) is 3.37. The second kappa shape index (κ2) is 5.17. The number of aliphatic hydroxyl groups is 1. The summed E-state index contributed by atoms with van der Waals surface area (Å²) in [5.74, 6) is 0.832. The third-order valence-electron chi connectivity index (χ3n) is 3.37. The fourth-order valence-corrected chi connectivity index (χ4v) is 2.11. The molecule has 2 rings (SSSR count). The first kappa shape index (κ1) is 13.8. The van der Waals surface area contributed by atoms with E-state index in [2.05, 4.69) is 55.9 Å². The predicted molar refractivity (Wildman–Crippen MR) is 78.3 cm³/mol. The number of aromatic nitrogens is 2. The number of H-pyrrole nitrogens is 1. The first-order valence-corrected chi connectivity index (χ1v) is 6.68. The minimum absolute atomic E-state index is 0.119. The number of nitrogens with zero attached hydrogens (tertiary/aromatic N) is 1. The van der Waals surface area contributed by atoms with Crippen LogP contribution in [0.25, 0.3) is 11.3 Å². The van der Waals surface area contributed by atoms with Crippen molar-refractivity contribution in [2.75, 3.05) is 6.61 Å². The highest BCUT2D eigenvalue weighted by atomic mass is 16.3. The van der Waals surface area contributed by atoms with Crippen molar-refractivity contribution in [3.8, 4) is 11.3 Å². The van der Waals surface area contributed by atoms with Crippen LogP contribution in [0, 0.1) is 6.92 Å². The largest absolute Gasteiger partial charge is 0.396 e. The van der Waals surface area contributed by atoms with Crippen molar-refractivity contribution < 1.29 is 5.11 Å². The molecule has 0 aliphatic carbocycles. The lowest BCUT2D eigenvalue weighted by molar-refractivity contribution is 0.297. The molecule has 0 radical (unpaired) electrons. The smallest absolute Gasteiger partial charge is 0.108 e. The summed E-state index contributed by atoms with van der Waals surface area (Å²) in [6.07, 6.45) is 2.41. The fraction of sp³-hybridized carbons (Fsp3) is 0.438. The number of nitrogens with one attached hydrogen (secondary N) is 1. The number of hydrogen-bond donors (Lipinski definition) is 2. The van der Waals surface area contributed by atoms with Gasteiger partial charge in [0.1, 0.15) is 5.82 Å². The molecule has 0 unspecified atom stereocenters. The first-order valence-electron chi connectivity index (χ1n) is 6.68. The van der Waals surface area contributed by atoms with Gasteiger partial charge in [-0.2, -0.15) is 0 Å². The van der Waals surface area contributed by atoms with Crippen molar-refractivity contribution in [1.29, 1.82) is 0 Å². The Hall–Kier alpha value is -1.61. The van der Waals surface area contributed by atoms with Crippen LogP contribution in [-0.4, -0.2) is 21.7 Å². The molecule has 0 spiro atoms. The van der Waals surface area contributed by atoms with Crippen molar-refractivity contribution in [3.05, 3.63) is 41.3 Å². The molecule has 2 aromatic rings. The van der Waals surface area contributed by atoms with Crippen LogP contribution in [0.15, 0.2) is 24.4 Å². The second-order valence-electron chi connectivity index (χ2n) is 6.00. The van der Waals surface area contributed by atoms with Crippen molar-refractivity contribution in [2.24, 2.45) is 0 Å². The summed E-state index contributed by atoms with van der Waals surface area (Å²) in [5.41, 5.74) is 4.88. The van der Waals surface area contributed by atoms with Crippen LogP contribution in [0.2, 0.25) is 0 Å². The SMILES string of the molecule is Cc1ccc(C(C)(C)C)cc1-c1cnc(CCO)[nH]1. The minimum Gasteiger partial charge on any atom is -0.396 e. The summed E-state index contributed by atoms with van der Waals surface area (Å²) in [6, 6.07) is 6.57. The molecule has 0 saturated heterocycles. The summed E-state index contributed by atoms with van der Waals surface area (Å²) >= 11 is 0. The molecule has 0 aliphatic rings. The van der Waals surface area contributed by atoms with Crippen LogP contribution in [0.5, 0.6) is 0 Å². The van der Waals surface area contributed by atoms with Crippen LogP contribution in [0.3, 0.4) is 0 Å². The van der Waals surface area contributed by atoms with E-state index in [1.165, 1.54) is 16.7 Å². The number of hydrogen-bond acceptors (Lipinski definition) is 2. The summed E-state index contributed by atoms with van der Waals surface area (Å²) in [5, 5.41) is 8.94. The summed E-state index contributed by atoms with van der Waals surface area (Å²) in [6.45, 7) is 8.87. The van der Waals surface area contributed by atoms with Crippen LogP contribution >= 0.6 is 0 Å². The maximum absolute atomic E-state index is 8.94. The quantitative estimate of drug-likeness (QED) is 0.888. The lowest BCUT2D eigenvalue weighted by atomic mass is 9.85.